The third kappa shape index (κ3) is 4.58. The smallest absolute Gasteiger partial charge is 0.252 e. The van der Waals surface area contributed by atoms with Gasteiger partial charge in [0, 0.05) is 23.0 Å². The fourth-order valence-corrected chi connectivity index (χ4v) is 5.14. The number of anilines is 1. The Hall–Kier alpha value is -3.36. The number of ether oxygens (including phenoxy) is 1. The maximum atomic E-state index is 12.5. The van der Waals surface area contributed by atoms with Crippen LogP contribution < -0.4 is 10.1 Å². The van der Waals surface area contributed by atoms with Gasteiger partial charge in [-0.3, -0.25) is 4.79 Å². The lowest BCUT2D eigenvalue weighted by molar-refractivity contribution is -0.113. The minimum Gasteiger partial charge on any atom is -0.489 e. The molecule has 0 saturated heterocycles. The van der Waals surface area contributed by atoms with Crippen LogP contribution >= 0.6 is 23.4 Å². The first-order valence-corrected chi connectivity index (χ1v) is 11.8. The molecule has 4 aromatic rings. The fourth-order valence-electron chi connectivity index (χ4n) is 3.75. The molecule has 2 aromatic carbocycles. The van der Waals surface area contributed by atoms with E-state index < -0.39 is 0 Å². The van der Waals surface area contributed by atoms with Gasteiger partial charge in [0.25, 0.3) is 5.95 Å². The molecule has 1 aliphatic rings. The molecule has 1 aliphatic heterocycles. The molecule has 166 valence electrons. The van der Waals surface area contributed by atoms with E-state index in [-0.39, 0.29) is 11.2 Å². The maximum Gasteiger partial charge on any atom is 0.252 e. The number of carbonyl (C=O) groups is 1. The van der Waals surface area contributed by atoms with E-state index in [2.05, 4.69) is 20.4 Å². The standard InChI is InChI=1S/C24H20ClN5O2S/c1-15-21-22(17-6-3-8-19(12-17)32-13-16-5-2-7-18(25)11-16)33-14-20(31)28-23(21)30(29-15)24-26-9-4-10-27-24/h2-12,22H,13-14H2,1H3,(H,28,31)/t22-/m0/s1. The Morgan fingerprint density at radius 1 is 1.15 bits per heavy atom. The van der Waals surface area contributed by atoms with Gasteiger partial charge >= 0.3 is 0 Å². The number of halogens is 1. The predicted molar refractivity (Wildman–Crippen MR) is 129 cm³/mol. The molecule has 1 N–H and O–H groups in total. The molecule has 0 bridgehead atoms. The van der Waals surface area contributed by atoms with Gasteiger partial charge in [-0.25, -0.2) is 9.97 Å². The molecule has 1 amide bonds. The highest BCUT2D eigenvalue weighted by molar-refractivity contribution is 8.00. The Morgan fingerprint density at radius 2 is 1.97 bits per heavy atom. The second-order valence-electron chi connectivity index (χ2n) is 7.54. The van der Waals surface area contributed by atoms with Crippen LogP contribution in [0.15, 0.2) is 67.0 Å². The zero-order valence-electron chi connectivity index (χ0n) is 17.7. The van der Waals surface area contributed by atoms with Crippen molar-refractivity contribution in [3.05, 3.63) is 94.4 Å². The van der Waals surface area contributed by atoms with Crippen molar-refractivity contribution in [3.8, 4) is 11.7 Å². The Kier molecular flexibility index (Phi) is 6.02. The van der Waals surface area contributed by atoms with E-state index in [1.165, 1.54) is 0 Å². The van der Waals surface area contributed by atoms with E-state index in [1.807, 2.05) is 55.5 Å². The zero-order chi connectivity index (χ0) is 22.8. The minimum absolute atomic E-state index is 0.0887. The molecule has 0 fully saturated rings. The van der Waals surface area contributed by atoms with Crippen molar-refractivity contribution in [3.63, 3.8) is 0 Å². The highest BCUT2D eigenvalue weighted by atomic mass is 35.5. The number of carbonyl (C=O) groups excluding carboxylic acids is 1. The summed E-state index contributed by atoms with van der Waals surface area (Å²) >= 11 is 7.64. The van der Waals surface area contributed by atoms with E-state index in [4.69, 9.17) is 16.3 Å². The number of hydrogen-bond donors (Lipinski definition) is 1. The SMILES string of the molecule is Cc1nn(-c2ncccn2)c2c1[C@H](c1cccc(OCc3cccc(Cl)c3)c1)SCC(=O)N2. The molecule has 1 atom stereocenters. The first-order chi connectivity index (χ1) is 16.1. The molecule has 33 heavy (non-hydrogen) atoms. The van der Waals surface area contributed by atoms with Gasteiger partial charge in [0.1, 0.15) is 18.2 Å². The van der Waals surface area contributed by atoms with Crippen molar-refractivity contribution < 1.29 is 9.53 Å². The number of aromatic nitrogens is 4. The lowest BCUT2D eigenvalue weighted by atomic mass is 10.0. The Morgan fingerprint density at radius 3 is 2.79 bits per heavy atom. The van der Waals surface area contributed by atoms with Crippen LogP contribution in [0.5, 0.6) is 5.75 Å². The van der Waals surface area contributed by atoms with E-state index in [9.17, 15) is 4.79 Å². The van der Waals surface area contributed by atoms with Gasteiger partial charge < -0.3 is 10.1 Å². The largest absolute Gasteiger partial charge is 0.489 e. The van der Waals surface area contributed by atoms with Gasteiger partial charge in [0.2, 0.25) is 5.91 Å². The first kappa shape index (κ1) is 21.5. The summed E-state index contributed by atoms with van der Waals surface area (Å²) in [5.74, 6) is 1.99. The van der Waals surface area contributed by atoms with Crippen molar-refractivity contribution in [2.45, 2.75) is 18.8 Å². The van der Waals surface area contributed by atoms with Crippen LogP contribution in [0.1, 0.15) is 27.6 Å². The van der Waals surface area contributed by atoms with Crippen LogP contribution in [0.25, 0.3) is 5.95 Å². The first-order valence-electron chi connectivity index (χ1n) is 10.3. The summed E-state index contributed by atoms with van der Waals surface area (Å²) in [6.45, 7) is 2.35. The number of thioether (sulfide) groups is 1. The number of nitrogens with zero attached hydrogens (tertiary/aromatic N) is 4. The van der Waals surface area contributed by atoms with Gasteiger partial charge in [-0.1, -0.05) is 35.9 Å². The maximum absolute atomic E-state index is 12.5. The monoisotopic (exact) mass is 477 g/mol. The summed E-state index contributed by atoms with van der Waals surface area (Å²) in [5.41, 5.74) is 3.76. The van der Waals surface area contributed by atoms with Crippen LogP contribution in [-0.4, -0.2) is 31.4 Å². The summed E-state index contributed by atoms with van der Waals surface area (Å²) < 4.78 is 7.63. The van der Waals surface area contributed by atoms with Crippen molar-refractivity contribution in [1.29, 1.82) is 0 Å². The molecule has 2 aromatic heterocycles. The highest BCUT2D eigenvalue weighted by Gasteiger charge is 2.31. The quantitative estimate of drug-likeness (QED) is 0.436. The van der Waals surface area contributed by atoms with Gasteiger partial charge in [-0.05, 0) is 48.4 Å². The Bertz CT molecular complexity index is 1310. The van der Waals surface area contributed by atoms with Gasteiger partial charge in [-0.2, -0.15) is 9.78 Å². The average Bonchev–Trinajstić information content (AvgIpc) is 3.03. The van der Waals surface area contributed by atoms with E-state index in [1.54, 1.807) is 34.9 Å². The summed E-state index contributed by atoms with van der Waals surface area (Å²) in [7, 11) is 0. The topological polar surface area (TPSA) is 81.9 Å². The second kappa shape index (κ2) is 9.25. The Labute approximate surface area is 200 Å². The third-order valence-electron chi connectivity index (χ3n) is 5.20. The van der Waals surface area contributed by atoms with Crippen LogP contribution in [0.2, 0.25) is 5.02 Å². The van der Waals surface area contributed by atoms with E-state index >= 15 is 0 Å². The van der Waals surface area contributed by atoms with Crippen LogP contribution in [0.4, 0.5) is 5.82 Å². The summed E-state index contributed by atoms with van der Waals surface area (Å²) in [5, 5.41) is 8.21. The number of nitrogens with one attached hydrogen (secondary N) is 1. The number of rotatable bonds is 5. The van der Waals surface area contributed by atoms with E-state index in [0.717, 1.165) is 28.1 Å². The third-order valence-corrected chi connectivity index (χ3v) is 6.71. The molecule has 3 heterocycles. The van der Waals surface area contributed by atoms with Gasteiger partial charge in [-0.15, -0.1) is 11.8 Å². The van der Waals surface area contributed by atoms with Crippen LogP contribution in [0.3, 0.4) is 0 Å². The molecule has 0 unspecified atom stereocenters. The number of amides is 1. The molecule has 0 spiro atoms. The molecule has 5 rings (SSSR count). The fraction of sp³-hybridized carbons (Fsp3) is 0.167. The van der Waals surface area contributed by atoms with Crippen molar-refractivity contribution >= 4 is 35.1 Å². The molecule has 0 radical (unpaired) electrons. The summed E-state index contributed by atoms with van der Waals surface area (Å²) in [6, 6.07) is 17.3. The number of aryl methyl sites for hydroxylation is 1. The molecule has 0 aliphatic carbocycles. The zero-order valence-corrected chi connectivity index (χ0v) is 19.3. The summed E-state index contributed by atoms with van der Waals surface area (Å²) in [6.07, 6.45) is 3.30. The Balaban J connectivity index is 1.48. The predicted octanol–water partition coefficient (Wildman–Crippen LogP) is 4.98. The van der Waals surface area contributed by atoms with Crippen LogP contribution in [-0.2, 0) is 11.4 Å². The van der Waals surface area contributed by atoms with E-state index in [0.29, 0.717) is 29.1 Å². The average molecular weight is 478 g/mol. The minimum atomic E-state index is -0.105. The number of fused-ring (bicyclic) bond motifs is 1. The second-order valence-corrected chi connectivity index (χ2v) is 9.07. The number of benzene rings is 2. The molecule has 9 heteroatoms. The molecule has 7 nitrogen and oxygen atoms in total. The normalized spacial score (nSPS) is 15.5. The lowest BCUT2D eigenvalue weighted by Gasteiger charge is -2.16. The van der Waals surface area contributed by atoms with Gasteiger partial charge in [0.05, 0.1) is 16.7 Å². The number of hydrogen-bond acceptors (Lipinski definition) is 6. The lowest BCUT2D eigenvalue weighted by Crippen LogP contribution is -2.16. The summed E-state index contributed by atoms with van der Waals surface area (Å²) in [4.78, 5) is 21.1. The van der Waals surface area contributed by atoms with Crippen molar-refractivity contribution in [2.75, 3.05) is 11.1 Å². The van der Waals surface area contributed by atoms with Crippen molar-refractivity contribution in [1.82, 2.24) is 19.7 Å². The highest BCUT2D eigenvalue weighted by Crippen LogP contribution is 2.44. The molecule has 0 saturated carbocycles. The molecular weight excluding hydrogens is 458 g/mol. The van der Waals surface area contributed by atoms with Crippen LogP contribution in [0, 0.1) is 6.92 Å². The molecular formula is C24H20ClN5O2S. The van der Waals surface area contributed by atoms with Gasteiger partial charge in [0.15, 0.2) is 0 Å². The van der Waals surface area contributed by atoms with Crippen molar-refractivity contribution in [2.24, 2.45) is 0 Å².